The van der Waals surface area contributed by atoms with Gasteiger partial charge in [-0.15, -0.1) is 0 Å². The molecule has 2 aliphatic rings. The molecule has 0 aromatic carbocycles. The van der Waals surface area contributed by atoms with Crippen LogP contribution in [0.2, 0.25) is 0 Å². The van der Waals surface area contributed by atoms with E-state index in [1.807, 2.05) is 13.8 Å². The van der Waals surface area contributed by atoms with Crippen molar-refractivity contribution in [2.45, 2.75) is 44.9 Å². The van der Waals surface area contributed by atoms with Crippen molar-refractivity contribution in [1.82, 2.24) is 9.21 Å². The highest BCUT2D eigenvalue weighted by Crippen LogP contribution is 2.29. The Bertz CT molecular complexity index is 219. The minimum atomic E-state index is -0.685. The first-order valence-electron chi connectivity index (χ1n) is 6.04. The molecule has 90 valence electrons. The van der Waals surface area contributed by atoms with Gasteiger partial charge in [0.2, 0.25) is 0 Å². The third-order valence-corrected chi connectivity index (χ3v) is 4.86. The number of likely N-dealkylation sites (N-methyl/N-ethyl adjacent to an activating group) is 1. The van der Waals surface area contributed by atoms with E-state index >= 15 is 0 Å². The van der Waals surface area contributed by atoms with Gasteiger partial charge in [-0.1, -0.05) is 13.8 Å². The molecule has 1 aliphatic heterocycles. The maximum absolute atomic E-state index is 11.9. The highest BCUT2D eigenvalue weighted by Gasteiger charge is 2.36. The van der Waals surface area contributed by atoms with E-state index in [-0.39, 0.29) is 0 Å². The van der Waals surface area contributed by atoms with Crippen molar-refractivity contribution in [2.75, 3.05) is 26.7 Å². The Labute approximate surface area is 96.4 Å². The summed E-state index contributed by atoms with van der Waals surface area (Å²) in [6.45, 7) is 9.26. The molecule has 0 radical (unpaired) electrons. The molecular weight excluding hydrogens is 208 g/mol. The smallest absolute Gasteiger partial charge is 0.0977 e. The standard InChI is InChI=1S/C9H18N2OS.C2H6/c1-8-7-10(2)5-6-11(8)13(12)9-3-4-9;1-2/h8-9H,3-7H2,1-2H3;1-2H3. The van der Waals surface area contributed by atoms with Gasteiger partial charge in [-0.3, -0.25) is 0 Å². The first-order chi connectivity index (χ1) is 7.18. The minimum absolute atomic E-state index is 0.459. The summed E-state index contributed by atoms with van der Waals surface area (Å²) in [5, 5.41) is 0.492. The van der Waals surface area contributed by atoms with Crippen molar-refractivity contribution in [3.8, 4) is 0 Å². The second kappa shape index (κ2) is 5.97. The predicted octanol–water partition coefficient (Wildman–Crippen LogP) is 1.47. The van der Waals surface area contributed by atoms with Gasteiger partial charge >= 0.3 is 0 Å². The predicted molar refractivity (Wildman–Crippen MR) is 66.2 cm³/mol. The van der Waals surface area contributed by atoms with E-state index in [0.717, 1.165) is 19.6 Å². The summed E-state index contributed by atoms with van der Waals surface area (Å²) in [5.41, 5.74) is 0. The van der Waals surface area contributed by atoms with Crippen LogP contribution in [0.3, 0.4) is 0 Å². The number of hydrogen-bond donors (Lipinski definition) is 0. The van der Waals surface area contributed by atoms with Crippen LogP contribution in [-0.4, -0.2) is 51.4 Å². The quantitative estimate of drug-likeness (QED) is 0.720. The molecule has 2 unspecified atom stereocenters. The van der Waals surface area contributed by atoms with Crippen LogP contribution in [0, 0.1) is 0 Å². The Balaban J connectivity index is 0.000000531. The van der Waals surface area contributed by atoms with Gasteiger partial charge in [0, 0.05) is 30.9 Å². The maximum Gasteiger partial charge on any atom is 0.0977 e. The van der Waals surface area contributed by atoms with E-state index < -0.39 is 11.0 Å². The van der Waals surface area contributed by atoms with Crippen molar-refractivity contribution in [3.05, 3.63) is 0 Å². The molecule has 1 aliphatic carbocycles. The monoisotopic (exact) mass is 232 g/mol. The van der Waals surface area contributed by atoms with E-state index in [1.54, 1.807) is 0 Å². The van der Waals surface area contributed by atoms with Crippen molar-refractivity contribution in [3.63, 3.8) is 0 Å². The van der Waals surface area contributed by atoms with Crippen LogP contribution in [0.1, 0.15) is 33.6 Å². The first kappa shape index (κ1) is 13.1. The lowest BCUT2D eigenvalue weighted by atomic mass is 10.2. The van der Waals surface area contributed by atoms with Crippen LogP contribution < -0.4 is 0 Å². The molecule has 1 saturated heterocycles. The van der Waals surface area contributed by atoms with Crippen LogP contribution in [-0.2, 0) is 11.0 Å². The minimum Gasteiger partial charge on any atom is -0.303 e. The summed E-state index contributed by atoms with van der Waals surface area (Å²) in [5.74, 6) is 0. The third-order valence-electron chi connectivity index (χ3n) is 2.81. The summed E-state index contributed by atoms with van der Waals surface area (Å²) in [6, 6.07) is 0.459. The lowest BCUT2D eigenvalue weighted by Gasteiger charge is -2.36. The number of rotatable bonds is 2. The number of hydrogen-bond acceptors (Lipinski definition) is 2. The normalized spacial score (nSPS) is 30.5. The Kier molecular flexibility index (Phi) is 5.23. The van der Waals surface area contributed by atoms with Crippen molar-refractivity contribution >= 4 is 11.0 Å². The molecule has 3 nitrogen and oxygen atoms in total. The van der Waals surface area contributed by atoms with Crippen LogP contribution >= 0.6 is 0 Å². The van der Waals surface area contributed by atoms with Gasteiger partial charge in [0.15, 0.2) is 0 Å². The van der Waals surface area contributed by atoms with E-state index in [0.29, 0.717) is 11.3 Å². The highest BCUT2D eigenvalue weighted by molar-refractivity contribution is 7.83. The Hall–Kier alpha value is 0.0700. The van der Waals surface area contributed by atoms with Gasteiger partial charge in [0.1, 0.15) is 0 Å². The Morgan fingerprint density at radius 3 is 2.27 bits per heavy atom. The second-order valence-electron chi connectivity index (χ2n) is 4.23. The molecule has 0 N–H and O–H groups in total. The molecule has 2 rings (SSSR count). The highest BCUT2D eigenvalue weighted by atomic mass is 32.2. The van der Waals surface area contributed by atoms with E-state index in [2.05, 4.69) is 23.2 Å². The second-order valence-corrected chi connectivity index (χ2v) is 5.92. The summed E-state index contributed by atoms with van der Waals surface area (Å²) in [6.07, 6.45) is 2.34. The molecule has 0 aromatic heterocycles. The summed E-state index contributed by atoms with van der Waals surface area (Å²) >= 11 is 0. The third kappa shape index (κ3) is 3.54. The van der Waals surface area contributed by atoms with E-state index in [4.69, 9.17) is 0 Å². The van der Waals surface area contributed by atoms with Crippen LogP contribution in [0.5, 0.6) is 0 Å². The Morgan fingerprint density at radius 2 is 1.80 bits per heavy atom. The van der Waals surface area contributed by atoms with Gasteiger partial charge in [0.25, 0.3) is 0 Å². The first-order valence-corrected chi connectivity index (χ1v) is 7.21. The van der Waals surface area contributed by atoms with Crippen molar-refractivity contribution in [2.24, 2.45) is 0 Å². The summed E-state index contributed by atoms with van der Waals surface area (Å²) < 4.78 is 14.1. The van der Waals surface area contributed by atoms with Gasteiger partial charge in [0.05, 0.1) is 11.0 Å². The molecule has 0 amide bonds. The number of nitrogens with zero attached hydrogens (tertiary/aromatic N) is 2. The topological polar surface area (TPSA) is 23.6 Å². The van der Waals surface area contributed by atoms with Gasteiger partial charge in [-0.2, -0.15) is 0 Å². The van der Waals surface area contributed by atoms with Crippen LogP contribution in [0.15, 0.2) is 0 Å². The van der Waals surface area contributed by atoms with Gasteiger partial charge in [-0.05, 0) is 26.8 Å². The maximum atomic E-state index is 11.9. The van der Waals surface area contributed by atoms with E-state index in [9.17, 15) is 4.21 Å². The number of piperazine rings is 1. The lowest BCUT2D eigenvalue weighted by Crippen LogP contribution is -2.51. The zero-order valence-corrected chi connectivity index (χ0v) is 11.2. The molecular formula is C11H24N2OS. The van der Waals surface area contributed by atoms with Crippen LogP contribution in [0.4, 0.5) is 0 Å². The average molecular weight is 232 g/mol. The molecule has 0 aromatic rings. The largest absolute Gasteiger partial charge is 0.303 e. The van der Waals surface area contributed by atoms with Gasteiger partial charge in [-0.25, -0.2) is 8.51 Å². The molecule has 15 heavy (non-hydrogen) atoms. The fourth-order valence-corrected chi connectivity index (χ4v) is 3.46. The fourth-order valence-electron chi connectivity index (χ4n) is 1.85. The summed E-state index contributed by atoms with van der Waals surface area (Å²) in [4.78, 5) is 2.31. The molecule has 2 fully saturated rings. The SMILES string of the molecule is CC.CC1CN(C)CCN1S(=O)C1CC1. The lowest BCUT2D eigenvalue weighted by molar-refractivity contribution is 0.176. The van der Waals surface area contributed by atoms with E-state index in [1.165, 1.54) is 12.8 Å². The molecule has 1 saturated carbocycles. The van der Waals surface area contributed by atoms with Crippen LogP contribution in [0.25, 0.3) is 0 Å². The Morgan fingerprint density at radius 1 is 1.20 bits per heavy atom. The van der Waals surface area contributed by atoms with Crippen molar-refractivity contribution in [1.29, 1.82) is 0 Å². The molecule has 0 bridgehead atoms. The van der Waals surface area contributed by atoms with Crippen molar-refractivity contribution < 1.29 is 4.21 Å². The fraction of sp³-hybridized carbons (Fsp3) is 1.00. The zero-order valence-electron chi connectivity index (χ0n) is 10.4. The molecule has 4 heteroatoms. The molecule has 1 heterocycles. The summed E-state index contributed by atoms with van der Waals surface area (Å²) in [7, 11) is 1.45. The van der Waals surface area contributed by atoms with Gasteiger partial charge < -0.3 is 4.90 Å². The molecule has 0 spiro atoms. The molecule has 2 atom stereocenters. The average Bonchev–Trinajstić information content (AvgIpc) is 3.03. The zero-order chi connectivity index (χ0) is 11.4.